The van der Waals surface area contributed by atoms with E-state index in [1.807, 2.05) is 31.8 Å². The van der Waals surface area contributed by atoms with Crippen molar-refractivity contribution >= 4 is 23.4 Å². The molecule has 1 aromatic rings. The van der Waals surface area contributed by atoms with Gasteiger partial charge >= 0.3 is 0 Å². The summed E-state index contributed by atoms with van der Waals surface area (Å²) in [6.07, 6.45) is 2.11. The lowest BCUT2D eigenvalue weighted by atomic mass is 10.4. The minimum absolute atomic E-state index is 0.582. The molecule has 0 radical (unpaired) electrons. The van der Waals surface area contributed by atoms with Crippen molar-refractivity contribution in [3.63, 3.8) is 0 Å². The minimum Gasteiger partial charge on any atom is -0.373 e. The normalized spacial score (nSPS) is 12.3. The molecule has 1 rings (SSSR count). The molecule has 0 amide bonds. The summed E-state index contributed by atoms with van der Waals surface area (Å²) in [5, 5.41) is 6.89. The maximum absolute atomic E-state index is 4.32. The predicted octanol–water partition coefficient (Wildman–Crippen LogP) is 1.99. The monoisotopic (exact) mass is 226 g/mol. The average Bonchev–Trinajstić information content (AvgIpc) is 2.25. The van der Waals surface area contributed by atoms with Gasteiger partial charge in [0.2, 0.25) is 0 Å². The van der Waals surface area contributed by atoms with E-state index in [0.717, 1.165) is 24.0 Å². The summed E-state index contributed by atoms with van der Waals surface area (Å²) >= 11 is 1.84. The van der Waals surface area contributed by atoms with Gasteiger partial charge in [-0.1, -0.05) is 6.92 Å². The van der Waals surface area contributed by atoms with Gasteiger partial charge < -0.3 is 10.6 Å². The van der Waals surface area contributed by atoms with Crippen molar-refractivity contribution < 1.29 is 0 Å². The van der Waals surface area contributed by atoms with Crippen LogP contribution in [0.1, 0.15) is 12.7 Å². The zero-order valence-corrected chi connectivity index (χ0v) is 10.5. The molecule has 84 valence electrons. The Balaban J connectivity index is 2.64. The Hall–Kier alpha value is -0.970. The largest absolute Gasteiger partial charge is 0.373 e. The predicted molar refractivity (Wildman–Crippen MR) is 67.8 cm³/mol. The van der Waals surface area contributed by atoms with E-state index < -0.39 is 0 Å². The van der Waals surface area contributed by atoms with E-state index in [0.29, 0.717) is 5.25 Å². The molecular formula is C10H18N4S. The zero-order chi connectivity index (χ0) is 11.3. The summed E-state index contributed by atoms with van der Waals surface area (Å²) in [5.41, 5.74) is 0. The van der Waals surface area contributed by atoms with Crippen LogP contribution in [0.3, 0.4) is 0 Å². The first-order valence-electron chi connectivity index (χ1n) is 4.95. The lowest BCUT2D eigenvalue weighted by Crippen LogP contribution is -2.14. The Kier molecular flexibility index (Phi) is 4.68. The smallest absolute Gasteiger partial charge is 0.131 e. The van der Waals surface area contributed by atoms with Crippen LogP contribution in [0.5, 0.6) is 0 Å². The third-order valence-corrected chi connectivity index (χ3v) is 3.04. The van der Waals surface area contributed by atoms with Crippen LogP contribution < -0.4 is 10.6 Å². The van der Waals surface area contributed by atoms with Crippen molar-refractivity contribution in [2.75, 3.05) is 30.5 Å². The van der Waals surface area contributed by atoms with Crippen LogP contribution >= 0.6 is 11.8 Å². The molecule has 0 bridgehead atoms. The van der Waals surface area contributed by atoms with Gasteiger partial charge in [-0.2, -0.15) is 11.8 Å². The number of aromatic nitrogens is 2. The molecule has 1 heterocycles. The standard InChI is InChI=1S/C10H18N4S/c1-7(15-4)6-12-10-5-9(11-3)13-8(2)14-10/h5,7H,6H2,1-4H3,(H2,11,12,13,14). The topological polar surface area (TPSA) is 49.8 Å². The molecule has 0 aliphatic heterocycles. The molecule has 0 saturated carbocycles. The Morgan fingerprint density at radius 2 is 2.07 bits per heavy atom. The number of rotatable bonds is 5. The molecule has 5 heteroatoms. The Morgan fingerprint density at radius 1 is 1.40 bits per heavy atom. The molecule has 1 aromatic heterocycles. The Labute approximate surface area is 95.3 Å². The highest BCUT2D eigenvalue weighted by Gasteiger charge is 2.02. The molecular weight excluding hydrogens is 208 g/mol. The van der Waals surface area contributed by atoms with E-state index in [-0.39, 0.29) is 0 Å². The Bertz CT molecular complexity index is 316. The van der Waals surface area contributed by atoms with Gasteiger partial charge in [0.25, 0.3) is 0 Å². The first kappa shape index (κ1) is 12.1. The van der Waals surface area contributed by atoms with E-state index in [1.54, 1.807) is 0 Å². The third-order valence-electron chi connectivity index (χ3n) is 2.07. The van der Waals surface area contributed by atoms with Crippen LogP contribution in [0.2, 0.25) is 0 Å². The van der Waals surface area contributed by atoms with E-state index >= 15 is 0 Å². The molecule has 0 fully saturated rings. The number of aryl methyl sites for hydroxylation is 1. The van der Waals surface area contributed by atoms with Crippen molar-refractivity contribution in [2.45, 2.75) is 19.1 Å². The van der Waals surface area contributed by atoms with E-state index in [9.17, 15) is 0 Å². The van der Waals surface area contributed by atoms with Gasteiger partial charge in [-0.25, -0.2) is 9.97 Å². The molecule has 1 atom stereocenters. The fraction of sp³-hybridized carbons (Fsp3) is 0.600. The van der Waals surface area contributed by atoms with Gasteiger partial charge in [-0.3, -0.25) is 0 Å². The second kappa shape index (κ2) is 5.80. The van der Waals surface area contributed by atoms with E-state index in [2.05, 4.69) is 33.8 Å². The second-order valence-electron chi connectivity index (χ2n) is 3.36. The van der Waals surface area contributed by atoms with Gasteiger partial charge in [0, 0.05) is 24.9 Å². The summed E-state index contributed by atoms with van der Waals surface area (Å²) in [6, 6.07) is 1.92. The number of hydrogen-bond donors (Lipinski definition) is 2. The summed E-state index contributed by atoms with van der Waals surface area (Å²) in [6.45, 7) is 5.00. The second-order valence-corrected chi connectivity index (χ2v) is 4.64. The van der Waals surface area contributed by atoms with Crippen LogP contribution in [0.4, 0.5) is 11.6 Å². The van der Waals surface area contributed by atoms with Crippen LogP contribution in [-0.4, -0.2) is 35.1 Å². The van der Waals surface area contributed by atoms with Crippen molar-refractivity contribution in [3.05, 3.63) is 11.9 Å². The van der Waals surface area contributed by atoms with Gasteiger partial charge in [0.05, 0.1) is 0 Å². The maximum atomic E-state index is 4.32. The van der Waals surface area contributed by atoms with Crippen LogP contribution in [0, 0.1) is 6.92 Å². The van der Waals surface area contributed by atoms with Crippen LogP contribution in [0.15, 0.2) is 6.07 Å². The molecule has 2 N–H and O–H groups in total. The average molecular weight is 226 g/mol. The SMILES string of the molecule is CNc1cc(NCC(C)SC)nc(C)n1. The van der Waals surface area contributed by atoms with Crippen molar-refractivity contribution in [1.29, 1.82) is 0 Å². The molecule has 0 spiro atoms. The molecule has 0 aromatic carbocycles. The van der Waals surface area contributed by atoms with E-state index in [4.69, 9.17) is 0 Å². The third kappa shape index (κ3) is 3.95. The van der Waals surface area contributed by atoms with Gasteiger partial charge in [-0.15, -0.1) is 0 Å². The number of anilines is 2. The van der Waals surface area contributed by atoms with Crippen LogP contribution in [-0.2, 0) is 0 Å². The molecule has 15 heavy (non-hydrogen) atoms. The first-order chi connectivity index (χ1) is 7.15. The van der Waals surface area contributed by atoms with Gasteiger partial charge in [0.1, 0.15) is 17.5 Å². The number of hydrogen-bond acceptors (Lipinski definition) is 5. The minimum atomic E-state index is 0.582. The quantitative estimate of drug-likeness (QED) is 0.804. The highest BCUT2D eigenvalue weighted by molar-refractivity contribution is 7.99. The summed E-state index contributed by atoms with van der Waals surface area (Å²) < 4.78 is 0. The Morgan fingerprint density at radius 3 is 2.67 bits per heavy atom. The van der Waals surface area contributed by atoms with Crippen molar-refractivity contribution in [2.24, 2.45) is 0 Å². The lowest BCUT2D eigenvalue weighted by molar-refractivity contribution is 0.972. The number of nitrogens with one attached hydrogen (secondary N) is 2. The molecule has 0 aliphatic carbocycles. The van der Waals surface area contributed by atoms with Gasteiger partial charge in [0.15, 0.2) is 0 Å². The maximum Gasteiger partial charge on any atom is 0.131 e. The first-order valence-corrected chi connectivity index (χ1v) is 6.24. The van der Waals surface area contributed by atoms with Gasteiger partial charge in [-0.05, 0) is 13.2 Å². The highest BCUT2D eigenvalue weighted by atomic mass is 32.2. The number of nitrogens with zero attached hydrogens (tertiary/aromatic N) is 2. The zero-order valence-electron chi connectivity index (χ0n) is 9.66. The fourth-order valence-corrected chi connectivity index (χ4v) is 1.37. The number of thioether (sulfide) groups is 1. The molecule has 0 saturated heterocycles. The summed E-state index contributed by atoms with van der Waals surface area (Å²) in [4.78, 5) is 8.55. The summed E-state index contributed by atoms with van der Waals surface area (Å²) in [5.74, 6) is 2.51. The highest BCUT2D eigenvalue weighted by Crippen LogP contribution is 2.12. The van der Waals surface area contributed by atoms with E-state index in [1.165, 1.54) is 0 Å². The molecule has 1 unspecified atom stereocenters. The van der Waals surface area contributed by atoms with Crippen molar-refractivity contribution in [3.8, 4) is 0 Å². The van der Waals surface area contributed by atoms with Crippen molar-refractivity contribution in [1.82, 2.24) is 9.97 Å². The van der Waals surface area contributed by atoms with Crippen LogP contribution in [0.25, 0.3) is 0 Å². The lowest BCUT2D eigenvalue weighted by Gasteiger charge is -2.11. The molecule has 0 aliphatic rings. The fourth-order valence-electron chi connectivity index (χ4n) is 1.12. The summed E-state index contributed by atoms with van der Waals surface area (Å²) in [7, 11) is 1.86. The molecule has 4 nitrogen and oxygen atoms in total.